The Bertz CT molecular complexity index is 1650. The molecule has 0 saturated carbocycles. The van der Waals surface area contributed by atoms with Crippen LogP contribution in [0.15, 0.2) is 71.6 Å². The maximum atomic E-state index is 14.2. The first kappa shape index (κ1) is 36.8. The van der Waals surface area contributed by atoms with E-state index >= 15 is 0 Å². The first-order chi connectivity index (χ1) is 24.1. The van der Waals surface area contributed by atoms with E-state index in [-0.39, 0.29) is 10.6 Å². The van der Waals surface area contributed by atoms with Gasteiger partial charge in [0, 0.05) is 50.9 Å². The van der Waals surface area contributed by atoms with Crippen molar-refractivity contribution >= 4 is 15.5 Å². The highest BCUT2D eigenvalue weighted by molar-refractivity contribution is 7.91. The van der Waals surface area contributed by atoms with Crippen LogP contribution in [0.3, 0.4) is 0 Å². The van der Waals surface area contributed by atoms with Crippen molar-refractivity contribution in [2.45, 2.75) is 75.3 Å². The fourth-order valence-electron chi connectivity index (χ4n) is 8.00. The smallest absolute Gasteiger partial charge is 0.181 e. The lowest BCUT2D eigenvalue weighted by Gasteiger charge is -2.50. The highest BCUT2D eigenvalue weighted by atomic mass is 32.2. The zero-order valence-corrected chi connectivity index (χ0v) is 31.4. The molecule has 0 unspecified atom stereocenters. The van der Waals surface area contributed by atoms with Gasteiger partial charge in [-0.25, -0.2) is 8.42 Å². The number of fused-ring (bicyclic) bond motifs is 4. The van der Waals surface area contributed by atoms with Gasteiger partial charge in [-0.2, -0.15) is 0 Å². The Balaban J connectivity index is 1.24. The number of hydrogen-bond donors (Lipinski definition) is 3. The number of aliphatic hydroxyl groups excluding tert-OH is 1. The molecule has 3 saturated heterocycles. The number of sulfone groups is 1. The second-order valence-corrected chi connectivity index (χ2v) is 17.0. The molecule has 3 aromatic carbocycles. The molecule has 3 fully saturated rings. The molecule has 3 aromatic rings. The van der Waals surface area contributed by atoms with Crippen LogP contribution >= 0.6 is 0 Å². The molecule has 0 amide bonds. The minimum atomic E-state index is -3.77. The maximum absolute atomic E-state index is 14.2. The lowest BCUT2D eigenvalue weighted by molar-refractivity contribution is -0.953. The van der Waals surface area contributed by atoms with Crippen LogP contribution in [-0.4, -0.2) is 107 Å². The van der Waals surface area contributed by atoms with Crippen LogP contribution in [0.2, 0.25) is 0 Å². The molecule has 272 valence electrons. The van der Waals surface area contributed by atoms with Gasteiger partial charge in [-0.05, 0) is 73.0 Å². The van der Waals surface area contributed by atoms with E-state index in [1.54, 1.807) is 6.07 Å². The molecule has 0 aromatic heterocycles. The quantitative estimate of drug-likeness (QED) is 0.119. The van der Waals surface area contributed by atoms with Gasteiger partial charge in [0.2, 0.25) is 0 Å². The second-order valence-electron chi connectivity index (χ2n) is 15.0. The minimum Gasteiger partial charge on any atom is -0.489 e. The summed E-state index contributed by atoms with van der Waals surface area (Å²) in [7, 11) is 0.116. The number of hydrogen-bond acceptors (Lipinski definition) is 8. The molecule has 50 heavy (non-hydrogen) atoms. The molecule has 7 rings (SSSR count). The highest BCUT2D eigenvalue weighted by Gasteiger charge is 2.50. The van der Waals surface area contributed by atoms with E-state index in [1.165, 1.54) is 49.3 Å². The monoisotopic (exact) mass is 704 g/mol. The van der Waals surface area contributed by atoms with Gasteiger partial charge in [0.25, 0.3) is 0 Å². The van der Waals surface area contributed by atoms with Crippen LogP contribution in [0.4, 0.5) is 5.69 Å². The summed E-state index contributed by atoms with van der Waals surface area (Å²) < 4.78 is 35.8. The fourth-order valence-corrected chi connectivity index (χ4v) is 9.95. The normalized spacial score (nSPS) is 25.1. The molecule has 10 heteroatoms. The molecule has 0 spiro atoms. The zero-order valence-electron chi connectivity index (χ0n) is 30.5. The third kappa shape index (κ3) is 8.06. The number of rotatable bonds is 15. The fraction of sp³-hybridized carbons (Fsp3) is 0.550. The van der Waals surface area contributed by atoms with Crippen molar-refractivity contribution in [3.63, 3.8) is 0 Å². The van der Waals surface area contributed by atoms with Crippen LogP contribution in [0, 0.1) is 0 Å². The third-order valence-corrected chi connectivity index (χ3v) is 13.1. The lowest BCUT2D eigenvalue weighted by Crippen LogP contribution is -2.68. The molecule has 0 radical (unpaired) electrons. The van der Waals surface area contributed by atoms with Crippen molar-refractivity contribution in [1.29, 1.82) is 0 Å². The topological polar surface area (TPSA) is 94.1 Å². The number of aliphatic hydroxyl groups is 1. The van der Waals surface area contributed by atoms with E-state index in [0.29, 0.717) is 25.3 Å². The molecule has 4 aliphatic heterocycles. The minimum absolute atomic E-state index is 0.238. The van der Waals surface area contributed by atoms with Crippen LogP contribution in [0.25, 0.3) is 0 Å². The predicted molar refractivity (Wildman–Crippen MR) is 201 cm³/mol. The van der Waals surface area contributed by atoms with Crippen LogP contribution in [0.1, 0.15) is 67.7 Å². The number of quaternary nitrogens is 1. The van der Waals surface area contributed by atoms with Crippen molar-refractivity contribution in [2.75, 3.05) is 77.1 Å². The molecule has 0 aliphatic carbocycles. The molecule has 9 nitrogen and oxygen atoms in total. The summed E-state index contributed by atoms with van der Waals surface area (Å²) >= 11 is 0. The van der Waals surface area contributed by atoms with Crippen molar-refractivity contribution in [2.24, 2.45) is 0 Å². The largest absolute Gasteiger partial charge is 0.489 e. The first-order valence-corrected chi connectivity index (χ1v) is 20.3. The number of anilines is 1. The molecular formula is C40H58N5O4S+. The molecule has 4 heterocycles. The van der Waals surface area contributed by atoms with E-state index in [1.807, 2.05) is 55.4 Å². The number of nitrogens with zero attached hydrogens (tertiary/aromatic N) is 3. The highest BCUT2D eigenvalue weighted by Crippen LogP contribution is 2.42. The number of nitrogens with one attached hydrogen (secondary N) is 2. The van der Waals surface area contributed by atoms with Crippen molar-refractivity contribution in [3.05, 3.63) is 89.0 Å². The van der Waals surface area contributed by atoms with Crippen LogP contribution < -0.4 is 20.3 Å². The Kier molecular flexibility index (Phi) is 11.6. The number of ether oxygens (including phenoxy) is 1. The second kappa shape index (κ2) is 15.7. The summed E-state index contributed by atoms with van der Waals surface area (Å²) in [6.45, 7) is 14.4. The summed E-state index contributed by atoms with van der Waals surface area (Å²) in [5, 5.41) is 19.5. The van der Waals surface area contributed by atoms with Gasteiger partial charge in [0.1, 0.15) is 24.6 Å². The summed E-state index contributed by atoms with van der Waals surface area (Å²) in [4.78, 5) is 4.83. The van der Waals surface area contributed by atoms with Crippen LogP contribution in [0.5, 0.6) is 5.75 Å². The van der Waals surface area contributed by atoms with Gasteiger partial charge in [-0.15, -0.1) is 0 Å². The molecular weight excluding hydrogens is 647 g/mol. The van der Waals surface area contributed by atoms with Crippen molar-refractivity contribution in [1.82, 2.24) is 15.5 Å². The van der Waals surface area contributed by atoms with Crippen molar-refractivity contribution < 1.29 is 22.7 Å². The Morgan fingerprint density at radius 2 is 1.48 bits per heavy atom. The van der Waals surface area contributed by atoms with Gasteiger partial charge in [-0.1, -0.05) is 63.1 Å². The van der Waals surface area contributed by atoms with Gasteiger partial charge < -0.3 is 19.2 Å². The lowest BCUT2D eigenvalue weighted by atomic mass is 9.81. The van der Waals surface area contributed by atoms with E-state index in [9.17, 15) is 13.5 Å². The van der Waals surface area contributed by atoms with Crippen LogP contribution in [-0.2, 0) is 23.0 Å². The predicted octanol–water partition coefficient (Wildman–Crippen LogP) is 4.73. The summed E-state index contributed by atoms with van der Waals surface area (Å²) in [5.74, 6) is -0.104. The molecule has 2 atom stereocenters. The zero-order chi connectivity index (χ0) is 35.4. The Labute approximate surface area is 300 Å². The first-order valence-electron chi connectivity index (χ1n) is 18.7. The van der Waals surface area contributed by atoms with Gasteiger partial charge in [0.05, 0.1) is 36.4 Å². The Morgan fingerprint density at radius 1 is 0.880 bits per heavy atom. The number of unbranched alkanes of at least 4 members (excludes halogenated alkanes) is 2. The van der Waals surface area contributed by atoms with Gasteiger partial charge in [-0.3, -0.25) is 15.5 Å². The summed E-state index contributed by atoms with van der Waals surface area (Å²) in [5.41, 5.74) is 3.63. The number of piperazine rings is 3. The van der Waals surface area contributed by atoms with Gasteiger partial charge >= 0.3 is 0 Å². The maximum Gasteiger partial charge on any atom is 0.181 e. The average Bonchev–Trinajstić information content (AvgIpc) is 3.19. The molecule has 4 aliphatic rings. The van der Waals surface area contributed by atoms with E-state index < -0.39 is 27.5 Å². The van der Waals surface area contributed by atoms with Gasteiger partial charge in [0.15, 0.2) is 9.84 Å². The van der Waals surface area contributed by atoms with Crippen molar-refractivity contribution in [3.8, 4) is 5.75 Å². The summed E-state index contributed by atoms with van der Waals surface area (Å²) in [6.07, 6.45) is 2.61. The number of benzene rings is 3. The average molecular weight is 705 g/mol. The summed E-state index contributed by atoms with van der Waals surface area (Å²) in [6, 6.07) is 22.2. The van der Waals surface area contributed by atoms with E-state index in [4.69, 9.17) is 4.74 Å². The molecule has 3 N–H and O–H groups in total. The Morgan fingerprint density at radius 3 is 2.06 bits per heavy atom. The Hall–Kier alpha value is -2.99. The van der Waals surface area contributed by atoms with E-state index in [2.05, 4.69) is 53.6 Å². The standard InChI is InChI=1S/C40H58N5O4S/c1-5-7-19-41-40(42-20-8-6-2)30-50(47,48)37-18-15-34(43(3)4)27-36(37)38(39(40)46)33-13-16-35(17-14-33)49-29-32-11-9-31(10-12-32)28-45-24-21-44(22-25-45)23-26-45/h9-18,27,38-39,41-42,46H,5-8,19-26,28-30H2,1-4H3/q+1/t38-,39-/m0/s1. The third-order valence-electron chi connectivity index (χ3n) is 11.2. The SMILES string of the molecule is CCCCNC1(NCCCC)CS(=O)(=O)c2ccc(N(C)C)cc2[C@H](c2ccc(OCc3ccc(C[N+]45CCN(CC4)CC5)cc3)cc2)[C@@H]1O. The van der Waals surface area contributed by atoms with E-state index in [0.717, 1.165) is 54.8 Å². The molecule has 2 bridgehead atoms.